The first-order valence-electron chi connectivity index (χ1n) is 10.5. The molecule has 0 bridgehead atoms. The Hall–Kier alpha value is -2.26. The average molecular weight is 477 g/mol. The number of carbonyl (C=O) groups excluding carboxylic acids is 1. The Bertz CT molecular complexity index is 1000. The van der Waals surface area contributed by atoms with Gasteiger partial charge in [0, 0.05) is 15.4 Å². The van der Waals surface area contributed by atoms with E-state index in [1.165, 1.54) is 0 Å². The minimum absolute atomic E-state index is 0. The molecule has 2 heterocycles. The van der Waals surface area contributed by atoms with Gasteiger partial charge in [0.25, 0.3) is 0 Å². The molecule has 3 atom stereocenters. The van der Waals surface area contributed by atoms with Crippen LogP contribution < -0.4 is 11.1 Å². The summed E-state index contributed by atoms with van der Waals surface area (Å²) in [5.74, 6) is -0.143. The fraction of sp³-hybridized carbons (Fsp3) is 0.391. The molecule has 0 saturated carbocycles. The highest BCUT2D eigenvalue weighted by Gasteiger charge is 2.40. The molecule has 2 aliphatic rings. The first-order chi connectivity index (χ1) is 14.8. The Morgan fingerprint density at radius 3 is 2.66 bits per heavy atom. The SMILES string of the molecule is CC(C)C[C@@H](C(N)=O)N(C(=N)c1ccc2c(c1)Nc1ccccc1S2)[C@H]1CCOC1O.Cl. The predicted molar refractivity (Wildman–Crippen MR) is 129 cm³/mol. The lowest BCUT2D eigenvalue weighted by Gasteiger charge is -2.38. The van der Waals surface area contributed by atoms with Gasteiger partial charge in [0.15, 0.2) is 6.29 Å². The van der Waals surface area contributed by atoms with E-state index in [1.807, 2.05) is 50.2 Å². The molecule has 5 N–H and O–H groups in total. The van der Waals surface area contributed by atoms with E-state index in [2.05, 4.69) is 11.4 Å². The number of nitrogens with two attached hydrogens (primary N) is 1. The van der Waals surface area contributed by atoms with Crippen molar-refractivity contribution < 1.29 is 14.6 Å². The van der Waals surface area contributed by atoms with Gasteiger partial charge in [-0.1, -0.05) is 43.8 Å². The zero-order chi connectivity index (χ0) is 22.1. The van der Waals surface area contributed by atoms with Gasteiger partial charge in [-0.15, -0.1) is 12.4 Å². The second kappa shape index (κ2) is 10.1. The lowest BCUT2D eigenvalue weighted by Crippen LogP contribution is -2.55. The number of nitrogens with zero attached hydrogens (tertiary/aromatic N) is 1. The third kappa shape index (κ3) is 4.88. The van der Waals surface area contributed by atoms with Gasteiger partial charge < -0.3 is 25.8 Å². The largest absolute Gasteiger partial charge is 0.368 e. The van der Waals surface area contributed by atoms with E-state index in [0.717, 1.165) is 21.2 Å². The second-order valence-corrected chi connectivity index (χ2v) is 9.44. The zero-order valence-corrected chi connectivity index (χ0v) is 19.7. The molecule has 7 nitrogen and oxygen atoms in total. The van der Waals surface area contributed by atoms with Crippen molar-refractivity contribution in [3.63, 3.8) is 0 Å². The average Bonchev–Trinajstić information content (AvgIpc) is 3.16. The number of hydrogen-bond donors (Lipinski definition) is 4. The van der Waals surface area contributed by atoms with E-state index in [0.29, 0.717) is 25.0 Å². The molecule has 172 valence electrons. The van der Waals surface area contributed by atoms with Crippen LogP contribution in [0, 0.1) is 11.3 Å². The van der Waals surface area contributed by atoms with Crippen molar-refractivity contribution in [2.24, 2.45) is 11.7 Å². The number of amides is 1. The van der Waals surface area contributed by atoms with Crippen LogP contribution in [0.1, 0.15) is 32.3 Å². The molecule has 2 aromatic rings. The monoisotopic (exact) mass is 476 g/mol. The van der Waals surface area contributed by atoms with Crippen LogP contribution in [0.2, 0.25) is 0 Å². The van der Waals surface area contributed by atoms with Crippen molar-refractivity contribution in [1.82, 2.24) is 4.90 Å². The molecular weight excluding hydrogens is 448 g/mol. The topological polar surface area (TPSA) is 112 Å². The Labute approximate surface area is 198 Å². The maximum atomic E-state index is 12.4. The van der Waals surface area contributed by atoms with Crippen molar-refractivity contribution >= 4 is 47.3 Å². The summed E-state index contributed by atoms with van der Waals surface area (Å²) in [5, 5.41) is 22.8. The van der Waals surface area contributed by atoms with E-state index in [4.69, 9.17) is 15.9 Å². The summed E-state index contributed by atoms with van der Waals surface area (Å²) in [4.78, 5) is 16.3. The highest BCUT2D eigenvalue weighted by molar-refractivity contribution is 7.99. The summed E-state index contributed by atoms with van der Waals surface area (Å²) in [6.07, 6.45) is -0.0434. The van der Waals surface area contributed by atoms with Crippen LogP contribution in [0.3, 0.4) is 0 Å². The van der Waals surface area contributed by atoms with E-state index >= 15 is 0 Å². The number of amidine groups is 1. The van der Waals surface area contributed by atoms with Crippen molar-refractivity contribution in [2.45, 2.75) is 54.9 Å². The number of nitrogens with one attached hydrogen (secondary N) is 2. The van der Waals surface area contributed by atoms with Crippen LogP contribution in [0.4, 0.5) is 11.4 Å². The number of carbonyl (C=O) groups is 1. The molecule has 2 aromatic carbocycles. The first-order valence-corrected chi connectivity index (χ1v) is 11.3. The van der Waals surface area contributed by atoms with E-state index in [1.54, 1.807) is 16.7 Å². The third-order valence-electron chi connectivity index (χ3n) is 5.64. The van der Waals surface area contributed by atoms with Crippen LogP contribution >= 0.6 is 24.2 Å². The van der Waals surface area contributed by atoms with Gasteiger partial charge in [-0.05, 0) is 43.0 Å². The second-order valence-electron chi connectivity index (χ2n) is 8.36. The molecule has 1 amide bonds. The first kappa shape index (κ1) is 24.4. The Balaban J connectivity index is 0.00000289. The highest BCUT2D eigenvalue weighted by atomic mass is 35.5. The molecule has 0 spiro atoms. The number of benzene rings is 2. The molecule has 1 saturated heterocycles. The standard InChI is InChI=1S/C23H28N4O3S.ClH/c1-13(2)11-18(22(25)28)27(17-9-10-30-23(17)29)21(24)14-7-8-20-16(12-14)26-15-5-3-4-6-19(15)31-20;/h3-8,12-13,17-18,23-24,26,29H,9-11H2,1-2H3,(H2,25,28);1H/t17-,18-,23?;/m0./s1. The minimum atomic E-state index is -1.06. The molecule has 0 aliphatic carbocycles. The smallest absolute Gasteiger partial charge is 0.240 e. The molecule has 32 heavy (non-hydrogen) atoms. The summed E-state index contributed by atoms with van der Waals surface area (Å²) < 4.78 is 5.35. The van der Waals surface area contributed by atoms with E-state index in [9.17, 15) is 9.90 Å². The number of ether oxygens (including phenoxy) is 1. The lowest BCUT2D eigenvalue weighted by molar-refractivity contribution is -0.126. The molecule has 0 aromatic heterocycles. The van der Waals surface area contributed by atoms with Crippen molar-refractivity contribution in [1.29, 1.82) is 5.41 Å². The zero-order valence-electron chi connectivity index (χ0n) is 18.1. The van der Waals surface area contributed by atoms with Gasteiger partial charge in [-0.25, -0.2) is 0 Å². The number of aliphatic hydroxyl groups is 1. The Morgan fingerprint density at radius 1 is 1.28 bits per heavy atom. The molecule has 2 aliphatic heterocycles. The normalized spacial score (nSPS) is 19.9. The van der Waals surface area contributed by atoms with Crippen LogP contribution in [-0.2, 0) is 9.53 Å². The number of primary amides is 1. The number of para-hydroxylation sites is 1. The Kier molecular flexibility index (Phi) is 7.71. The highest BCUT2D eigenvalue weighted by Crippen LogP contribution is 2.44. The maximum absolute atomic E-state index is 12.4. The number of hydrogen-bond acceptors (Lipinski definition) is 6. The van der Waals surface area contributed by atoms with Crippen LogP contribution in [0.25, 0.3) is 0 Å². The molecule has 1 unspecified atom stereocenters. The predicted octanol–water partition coefficient (Wildman–Crippen LogP) is 3.95. The van der Waals surface area contributed by atoms with Gasteiger partial charge in [0.2, 0.25) is 5.91 Å². The van der Waals surface area contributed by atoms with E-state index in [-0.39, 0.29) is 24.2 Å². The van der Waals surface area contributed by atoms with Gasteiger partial charge in [-0.2, -0.15) is 0 Å². The summed E-state index contributed by atoms with van der Waals surface area (Å²) in [7, 11) is 0. The van der Waals surface area contributed by atoms with Crippen molar-refractivity contribution in [2.75, 3.05) is 11.9 Å². The number of aliphatic hydroxyl groups excluding tert-OH is 1. The summed E-state index contributed by atoms with van der Waals surface area (Å²) >= 11 is 1.68. The quantitative estimate of drug-likeness (QED) is 0.316. The third-order valence-corrected chi connectivity index (χ3v) is 6.79. The van der Waals surface area contributed by atoms with Crippen LogP contribution in [0.5, 0.6) is 0 Å². The van der Waals surface area contributed by atoms with Gasteiger partial charge in [0.05, 0.1) is 24.0 Å². The van der Waals surface area contributed by atoms with Gasteiger partial charge in [-0.3, -0.25) is 10.2 Å². The lowest BCUT2D eigenvalue weighted by atomic mass is 9.98. The molecule has 1 fully saturated rings. The molecule has 0 radical (unpaired) electrons. The molecule has 4 rings (SSSR count). The van der Waals surface area contributed by atoms with Gasteiger partial charge >= 0.3 is 0 Å². The molecular formula is C23H29ClN4O3S. The van der Waals surface area contributed by atoms with Crippen molar-refractivity contribution in [3.05, 3.63) is 48.0 Å². The number of fused-ring (bicyclic) bond motifs is 2. The number of anilines is 2. The summed E-state index contributed by atoms with van der Waals surface area (Å²) in [6.45, 7) is 4.40. The molecule has 9 heteroatoms. The van der Waals surface area contributed by atoms with Gasteiger partial charge in [0.1, 0.15) is 11.9 Å². The summed E-state index contributed by atoms with van der Waals surface area (Å²) in [5.41, 5.74) is 8.35. The summed E-state index contributed by atoms with van der Waals surface area (Å²) in [6, 6.07) is 12.7. The van der Waals surface area contributed by atoms with Crippen LogP contribution in [-0.4, -0.2) is 46.7 Å². The number of halogens is 1. The Morgan fingerprint density at radius 2 is 2.00 bits per heavy atom. The van der Waals surface area contributed by atoms with Crippen molar-refractivity contribution in [3.8, 4) is 0 Å². The fourth-order valence-electron chi connectivity index (χ4n) is 4.14. The minimum Gasteiger partial charge on any atom is -0.368 e. The fourth-order valence-corrected chi connectivity index (χ4v) is 5.11. The van der Waals surface area contributed by atoms with Crippen LogP contribution in [0.15, 0.2) is 52.3 Å². The maximum Gasteiger partial charge on any atom is 0.240 e. The number of rotatable bonds is 6. The van der Waals surface area contributed by atoms with E-state index < -0.39 is 24.3 Å².